The molecule has 3 heteroatoms. The van der Waals surface area contributed by atoms with Crippen LogP contribution in [0.4, 0.5) is 5.82 Å². The van der Waals surface area contributed by atoms with Gasteiger partial charge in [0.15, 0.2) is 0 Å². The molecule has 0 amide bonds. The van der Waals surface area contributed by atoms with Crippen LogP contribution in [0.3, 0.4) is 0 Å². The number of fused-ring (bicyclic) bond motifs is 1. The summed E-state index contributed by atoms with van der Waals surface area (Å²) in [5.41, 5.74) is 6.10. The van der Waals surface area contributed by atoms with Gasteiger partial charge in [-0.1, -0.05) is 37.5 Å². The summed E-state index contributed by atoms with van der Waals surface area (Å²) in [6.45, 7) is 2.17. The Labute approximate surface area is 113 Å². The van der Waals surface area contributed by atoms with Gasteiger partial charge in [-0.25, -0.2) is 0 Å². The highest BCUT2D eigenvalue weighted by Gasteiger charge is 2.31. The van der Waals surface area contributed by atoms with E-state index >= 15 is 0 Å². The highest BCUT2D eigenvalue weighted by molar-refractivity contribution is 5.83. The van der Waals surface area contributed by atoms with Crippen molar-refractivity contribution in [2.24, 2.45) is 0 Å². The standard InChI is InChI=1S/C16H20N2O/c1-16(9-5-2-6-10-16)18-14(17)11-12-7-3-4-8-13(12)15(18)19/h3-4,7-8,11H,2,5-6,9-10,17H2,1H3. The quantitative estimate of drug-likeness (QED) is 0.851. The van der Waals surface area contributed by atoms with Gasteiger partial charge in [0, 0.05) is 10.9 Å². The molecule has 0 aliphatic heterocycles. The summed E-state index contributed by atoms with van der Waals surface area (Å²) in [6, 6.07) is 9.61. The number of benzene rings is 1. The predicted molar refractivity (Wildman–Crippen MR) is 79.4 cm³/mol. The highest BCUT2D eigenvalue weighted by atomic mass is 16.1. The van der Waals surface area contributed by atoms with Crippen LogP contribution in [-0.4, -0.2) is 4.57 Å². The van der Waals surface area contributed by atoms with Crippen LogP contribution in [0.1, 0.15) is 39.0 Å². The van der Waals surface area contributed by atoms with Crippen molar-refractivity contribution in [3.8, 4) is 0 Å². The van der Waals surface area contributed by atoms with E-state index in [1.807, 2.05) is 34.9 Å². The lowest BCUT2D eigenvalue weighted by molar-refractivity contribution is 0.217. The van der Waals surface area contributed by atoms with Gasteiger partial charge in [0.2, 0.25) is 0 Å². The largest absolute Gasteiger partial charge is 0.385 e. The number of hydrogen-bond donors (Lipinski definition) is 1. The van der Waals surface area contributed by atoms with Gasteiger partial charge in [-0.3, -0.25) is 9.36 Å². The molecular formula is C16H20N2O. The van der Waals surface area contributed by atoms with Crippen molar-refractivity contribution in [2.75, 3.05) is 5.73 Å². The fraction of sp³-hybridized carbons (Fsp3) is 0.438. The average Bonchev–Trinajstić information content (AvgIpc) is 2.39. The molecule has 0 atom stereocenters. The molecule has 1 aliphatic carbocycles. The van der Waals surface area contributed by atoms with Gasteiger partial charge in [0.25, 0.3) is 5.56 Å². The predicted octanol–water partition coefficient (Wildman–Crippen LogP) is 3.26. The first kappa shape index (κ1) is 12.3. The number of rotatable bonds is 1. The molecule has 1 fully saturated rings. The van der Waals surface area contributed by atoms with Crippen LogP contribution in [0.25, 0.3) is 10.8 Å². The first-order chi connectivity index (χ1) is 9.12. The van der Waals surface area contributed by atoms with Crippen LogP contribution in [0.5, 0.6) is 0 Å². The van der Waals surface area contributed by atoms with Crippen LogP contribution in [0, 0.1) is 0 Å². The van der Waals surface area contributed by atoms with Crippen molar-refractivity contribution < 1.29 is 0 Å². The fourth-order valence-corrected chi connectivity index (χ4v) is 3.37. The molecule has 1 saturated carbocycles. The summed E-state index contributed by atoms with van der Waals surface area (Å²) in [5.74, 6) is 0.591. The Bertz CT molecular complexity index is 666. The first-order valence-electron chi connectivity index (χ1n) is 7.03. The maximum absolute atomic E-state index is 12.7. The first-order valence-corrected chi connectivity index (χ1v) is 7.03. The minimum absolute atomic E-state index is 0.0556. The summed E-state index contributed by atoms with van der Waals surface area (Å²) in [5, 5.41) is 1.70. The van der Waals surface area contributed by atoms with Crippen LogP contribution in [-0.2, 0) is 5.54 Å². The fourth-order valence-electron chi connectivity index (χ4n) is 3.37. The average molecular weight is 256 g/mol. The Balaban J connectivity index is 2.26. The van der Waals surface area contributed by atoms with Crippen molar-refractivity contribution in [1.82, 2.24) is 4.57 Å². The zero-order valence-corrected chi connectivity index (χ0v) is 11.4. The van der Waals surface area contributed by atoms with E-state index in [-0.39, 0.29) is 11.1 Å². The summed E-state index contributed by atoms with van der Waals surface area (Å²) in [7, 11) is 0. The number of nitrogens with two attached hydrogens (primary N) is 1. The van der Waals surface area contributed by atoms with Crippen molar-refractivity contribution in [1.29, 1.82) is 0 Å². The number of pyridine rings is 1. The Kier molecular flexibility index (Phi) is 2.85. The molecule has 3 nitrogen and oxygen atoms in total. The van der Waals surface area contributed by atoms with Crippen molar-refractivity contribution in [2.45, 2.75) is 44.6 Å². The molecule has 19 heavy (non-hydrogen) atoms. The van der Waals surface area contributed by atoms with Crippen LogP contribution >= 0.6 is 0 Å². The maximum atomic E-state index is 12.7. The summed E-state index contributed by atoms with van der Waals surface area (Å²) >= 11 is 0. The Morgan fingerprint density at radius 2 is 1.84 bits per heavy atom. The molecule has 3 rings (SSSR count). The molecular weight excluding hydrogens is 236 g/mol. The number of nitrogen functional groups attached to an aromatic ring is 1. The summed E-state index contributed by atoms with van der Waals surface area (Å²) in [4.78, 5) is 12.7. The van der Waals surface area contributed by atoms with Gasteiger partial charge in [-0.05, 0) is 37.3 Å². The zero-order valence-electron chi connectivity index (χ0n) is 11.4. The molecule has 1 aliphatic rings. The molecule has 0 spiro atoms. The minimum atomic E-state index is -0.122. The SMILES string of the molecule is CC1(n2c(N)cc3ccccc3c2=O)CCCCC1. The third-order valence-corrected chi connectivity index (χ3v) is 4.43. The van der Waals surface area contributed by atoms with Crippen molar-refractivity contribution in [3.63, 3.8) is 0 Å². The van der Waals surface area contributed by atoms with Crippen molar-refractivity contribution in [3.05, 3.63) is 40.7 Å². The van der Waals surface area contributed by atoms with Gasteiger partial charge >= 0.3 is 0 Å². The van der Waals surface area contributed by atoms with Gasteiger partial charge in [0.05, 0.1) is 0 Å². The van der Waals surface area contributed by atoms with E-state index in [1.165, 1.54) is 19.3 Å². The maximum Gasteiger partial charge on any atom is 0.260 e. The van der Waals surface area contributed by atoms with E-state index in [2.05, 4.69) is 6.92 Å². The Hall–Kier alpha value is -1.77. The highest BCUT2D eigenvalue weighted by Crippen LogP contribution is 2.35. The monoisotopic (exact) mass is 256 g/mol. The second-order valence-corrected chi connectivity index (χ2v) is 5.85. The van der Waals surface area contributed by atoms with Crippen LogP contribution in [0.15, 0.2) is 35.1 Å². The smallest absolute Gasteiger partial charge is 0.260 e. The number of aromatic nitrogens is 1. The van der Waals surface area contributed by atoms with Crippen LogP contribution in [0.2, 0.25) is 0 Å². The molecule has 1 aromatic heterocycles. The topological polar surface area (TPSA) is 48.0 Å². The lowest BCUT2D eigenvalue weighted by Crippen LogP contribution is -2.41. The molecule has 2 N–H and O–H groups in total. The number of nitrogens with zero attached hydrogens (tertiary/aromatic N) is 1. The second-order valence-electron chi connectivity index (χ2n) is 5.85. The van der Waals surface area contributed by atoms with Gasteiger partial charge < -0.3 is 5.73 Å². The van der Waals surface area contributed by atoms with E-state index in [4.69, 9.17) is 5.73 Å². The molecule has 2 aromatic rings. The van der Waals surface area contributed by atoms with Gasteiger partial charge in [-0.2, -0.15) is 0 Å². The molecule has 0 saturated heterocycles. The van der Waals surface area contributed by atoms with E-state index in [0.717, 1.165) is 23.6 Å². The van der Waals surface area contributed by atoms with E-state index in [0.29, 0.717) is 5.82 Å². The lowest BCUT2D eigenvalue weighted by Gasteiger charge is -2.36. The van der Waals surface area contributed by atoms with E-state index in [1.54, 1.807) is 0 Å². The molecule has 0 bridgehead atoms. The minimum Gasteiger partial charge on any atom is -0.385 e. The van der Waals surface area contributed by atoms with Crippen LogP contribution < -0.4 is 11.3 Å². The third-order valence-electron chi connectivity index (χ3n) is 4.43. The lowest BCUT2D eigenvalue weighted by atomic mass is 9.82. The Morgan fingerprint density at radius 1 is 1.16 bits per heavy atom. The van der Waals surface area contributed by atoms with Gasteiger partial charge in [0.1, 0.15) is 5.82 Å². The van der Waals surface area contributed by atoms with E-state index < -0.39 is 0 Å². The van der Waals surface area contributed by atoms with Crippen molar-refractivity contribution >= 4 is 16.6 Å². The zero-order chi connectivity index (χ0) is 13.5. The number of anilines is 1. The third kappa shape index (κ3) is 1.93. The summed E-state index contributed by atoms with van der Waals surface area (Å²) < 4.78 is 1.83. The molecule has 0 radical (unpaired) electrons. The Morgan fingerprint density at radius 3 is 2.58 bits per heavy atom. The number of hydrogen-bond acceptors (Lipinski definition) is 2. The molecule has 100 valence electrons. The molecule has 1 aromatic carbocycles. The molecule has 1 heterocycles. The summed E-state index contributed by atoms with van der Waals surface area (Å²) in [6.07, 6.45) is 5.69. The van der Waals surface area contributed by atoms with Gasteiger partial charge in [-0.15, -0.1) is 0 Å². The molecule has 0 unspecified atom stereocenters. The van der Waals surface area contributed by atoms with E-state index in [9.17, 15) is 4.79 Å². The normalized spacial score (nSPS) is 18.6. The second kappa shape index (κ2) is 4.41.